The zero-order valence-electron chi connectivity index (χ0n) is 9.21. The molecule has 2 N–H and O–H groups in total. The van der Waals surface area contributed by atoms with E-state index in [9.17, 15) is 0 Å². The molecule has 3 heteroatoms. The summed E-state index contributed by atoms with van der Waals surface area (Å²) in [5.74, 6) is 0.554. The SMILES string of the molecule is CC(C)COCC(CO)NC(C)C. The second-order valence-electron chi connectivity index (χ2n) is 4.13. The number of rotatable bonds is 7. The minimum atomic E-state index is 0.0683. The van der Waals surface area contributed by atoms with E-state index < -0.39 is 0 Å². The maximum absolute atomic E-state index is 9.00. The highest BCUT2D eigenvalue weighted by Gasteiger charge is 2.08. The van der Waals surface area contributed by atoms with Gasteiger partial charge in [-0.2, -0.15) is 0 Å². The van der Waals surface area contributed by atoms with Crippen molar-refractivity contribution in [3.63, 3.8) is 0 Å². The minimum Gasteiger partial charge on any atom is -0.395 e. The quantitative estimate of drug-likeness (QED) is 0.628. The molecule has 3 nitrogen and oxygen atoms in total. The van der Waals surface area contributed by atoms with Gasteiger partial charge < -0.3 is 15.2 Å². The third kappa shape index (κ3) is 8.22. The predicted octanol–water partition coefficient (Wildman–Crippen LogP) is 1.02. The fraction of sp³-hybridized carbons (Fsp3) is 1.00. The molecule has 1 atom stereocenters. The van der Waals surface area contributed by atoms with Crippen molar-refractivity contribution in [3.05, 3.63) is 0 Å². The first-order valence-electron chi connectivity index (χ1n) is 5.01. The van der Waals surface area contributed by atoms with Crippen LogP contribution in [-0.2, 0) is 4.74 Å². The van der Waals surface area contributed by atoms with Crippen LogP contribution in [0, 0.1) is 5.92 Å². The molecule has 13 heavy (non-hydrogen) atoms. The van der Waals surface area contributed by atoms with Gasteiger partial charge in [-0.25, -0.2) is 0 Å². The van der Waals surface area contributed by atoms with E-state index in [4.69, 9.17) is 9.84 Å². The lowest BCUT2D eigenvalue weighted by Crippen LogP contribution is -2.41. The lowest BCUT2D eigenvalue weighted by Gasteiger charge is -2.19. The van der Waals surface area contributed by atoms with Gasteiger partial charge in [0.05, 0.1) is 19.3 Å². The Morgan fingerprint density at radius 3 is 2.15 bits per heavy atom. The van der Waals surface area contributed by atoms with Crippen LogP contribution in [0.2, 0.25) is 0 Å². The lowest BCUT2D eigenvalue weighted by atomic mass is 10.2. The van der Waals surface area contributed by atoms with Crippen LogP contribution in [0.15, 0.2) is 0 Å². The minimum absolute atomic E-state index is 0.0683. The fourth-order valence-corrected chi connectivity index (χ4v) is 1.07. The molecule has 0 saturated heterocycles. The summed E-state index contributed by atoms with van der Waals surface area (Å²) in [7, 11) is 0. The summed E-state index contributed by atoms with van der Waals surface area (Å²) in [4.78, 5) is 0. The highest BCUT2D eigenvalue weighted by Crippen LogP contribution is 1.94. The van der Waals surface area contributed by atoms with Crippen LogP contribution in [0.5, 0.6) is 0 Å². The zero-order valence-corrected chi connectivity index (χ0v) is 9.21. The van der Waals surface area contributed by atoms with Crippen LogP contribution in [0.1, 0.15) is 27.7 Å². The normalized spacial score (nSPS) is 14.1. The molecule has 0 amide bonds. The summed E-state index contributed by atoms with van der Waals surface area (Å²) in [6.07, 6.45) is 0. The molecular formula is C10H23NO2. The average molecular weight is 189 g/mol. The van der Waals surface area contributed by atoms with Gasteiger partial charge in [0.1, 0.15) is 0 Å². The number of hydrogen-bond acceptors (Lipinski definition) is 3. The van der Waals surface area contributed by atoms with E-state index in [1.165, 1.54) is 0 Å². The van der Waals surface area contributed by atoms with Gasteiger partial charge in [0.2, 0.25) is 0 Å². The molecule has 0 heterocycles. The summed E-state index contributed by atoms with van der Waals surface area (Å²) in [5, 5.41) is 12.2. The molecule has 0 aliphatic heterocycles. The second-order valence-corrected chi connectivity index (χ2v) is 4.13. The van der Waals surface area contributed by atoms with Gasteiger partial charge >= 0.3 is 0 Å². The first kappa shape index (κ1) is 12.9. The van der Waals surface area contributed by atoms with Crippen molar-refractivity contribution in [2.24, 2.45) is 5.92 Å². The molecule has 0 aromatic heterocycles. The van der Waals surface area contributed by atoms with Crippen molar-refractivity contribution in [2.45, 2.75) is 39.8 Å². The van der Waals surface area contributed by atoms with Gasteiger partial charge in [-0.15, -0.1) is 0 Å². The monoisotopic (exact) mass is 189 g/mol. The topological polar surface area (TPSA) is 41.5 Å². The van der Waals surface area contributed by atoms with Crippen molar-refractivity contribution in [2.75, 3.05) is 19.8 Å². The van der Waals surface area contributed by atoms with Gasteiger partial charge in [0, 0.05) is 12.6 Å². The van der Waals surface area contributed by atoms with E-state index in [0.717, 1.165) is 6.61 Å². The Morgan fingerprint density at radius 2 is 1.77 bits per heavy atom. The molecule has 0 rings (SSSR count). The largest absolute Gasteiger partial charge is 0.395 e. The average Bonchev–Trinajstić information content (AvgIpc) is 2.01. The molecule has 0 fully saturated rings. The Balaban J connectivity index is 3.48. The number of ether oxygens (including phenoxy) is 1. The summed E-state index contributed by atoms with van der Waals surface area (Å²) in [6.45, 7) is 9.84. The van der Waals surface area contributed by atoms with E-state index in [-0.39, 0.29) is 12.6 Å². The Bertz CT molecular complexity index is 115. The predicted molar refractivity (Wildman–Crippen MR) is 54.8 cm³/mol. The summed E-state index contributed by atoms with van der Waals surface area (Å²) in [5.41, 5.74) is 0. The molecular weight excluding hydrogens is 166 g/mol. The Morgan fingerprint density at radius 1 is 1.15 bits per heavy atom. The van der Waals surface area contributed by atoms with Crippen LogP contribution < -0.4 is 5.32 Å². The molecule has 0 aliphatic rings. The van der Waals surface area contributed by atoms with Crippen LogP contribution in [-0.4, -0.2) is 37.0 Å². The first-order chi connectivity index (χ1) is 6.06. The molecule has 0 spiro atoms. The molecule has 0 radical (unpaired) electrons. The molecule has 0 aromatic rings. The second kappa shape index (κ2) is 7.30. The van der Waals surface area contributed by atoms with Crippen molar-refractivity contribution < 1.29 is 9.84 Å². The molecule has 0 aromatic carbocycles. The first-order valence-corrected chi connectivity index (χ1v) is 5.01. The van der Waals surface area contributed by atoms with E-state index in [2.05, 4.69) is 33.0 Å². The fourth-order valence-electron chi connectivity index (χ4n) is 1.07. The summed E-state index contributed by atoms with van der Waals surface area (Å²) in [6, 6.07) is 0.457. The van der Waals surface area contributed by atoms with Crippen LogP contribution in [0.4, 0.5) is 0 Å². The van der Waals surface area contributed by atoms with E-state index in [0.29, 0.717) is 18.6 Å². The van der Waals surface area contributed by atoms with Crippen molar-refractivity contribution >= 4 is 0 Å². The molecule has 0 saturated carbocycles. The van der Waals surface area contributed by atoms with Crippen molar-refractivity contribution in [3.8, 4) is 0 Å². The summed E-state index contributed by atoms with van der Waals surface area (Å²) < 4.78 is 5.43. The van der Waals surface area contributed by atoms with Gasteiger partial charge in [-0.1, -0.05) is 27.7 Å². The molecule has 1 unspecified atom stereocenters. The third-order valence-corrected chi connectivity index (χ3v) is 1.56. The van der Waals surface area contributed by atoms with Gasteiger partial charge in [-0.3, -0.25) is 0 Å². The van der Waals surface area contributed by atoms with Crippen LogP contribution in [0.25, 0.3) is 0 Å². The molecule has 0 bridgehead atoms. The maximum Gasteiger partial charge on any atom is 0.0642 e. The van der Waals surface area contributed by atoms with Gasteiger partial charge in [0.15, 0.2) is 0 Å². The highest BCUT2D eigenvalue weighted by atomic mass is 16.5. The highest BCUT2D eigenvalue weighted by molar-refractivity contribution is 4.67. The van der Waals surface area contributed by atoms with E-state index in [1.54, 1.807) is 0 Å². The number of aliphatic hydroxyl groups excluding tert-OH is 1. The number of hydrogen-bond donors (Lipinski definition) is 2. The van der Waals surface area contributed by atoms with Gasteiger partial charge in [-0.05, 0) is 5.92 Å². The summed E-state index contributed by atoms with van der Waals surface area (Å²) >= 11 is 0. The van der Waals surface area contributed by atoms with E-state index in [1.807, 2.05) is 0 Å². The smallest absolute Gasteiger partial charge is 0.0642 e. The number of nitrogens with one attached hydrogen (secondary N) is 1. The maximum atomic E-state index is 9.00. The zero-order chi connectivity index (χ0) is 10.3. The molecule has 80 valence electrons. The number of aliphatic hydroxyl groups is 1. The Labute approximate surface area is 81.5 Å². The third-order valence-electron chi connectivity index (χ3n) is 1.56. The van der Waals surface area contributed by atoms with Crippen molar-refractivity contribution in [1.82, 2.24) is 5.32 Å². The van der Waals surface area contributed by atoms with Gasteiger partial charge in [0.25, 0.3) is 0 Å². The van der Waals surface area contributed by atoms with Crippen LogP contribution >= 0.6 is 0 Å². The van der Waals surface area contributed by atoms with E-state index >= 15 is 0 Å². The van der Waals surface area contributed by atoms with Crippen molar-refractivity contribution in [1.29, 1.82) is 0 Å². The van der Waals surface area contributed by atoms with Crippen LogP contribution in [0.3, 0.4) is 0 Å². The Kier molecular flexibility index (Phi) is 7.23. The Hall–Kier alpha value is -0.120. The lowest BCUT2D eigenvalue weighted by molar-refractivity contribution is 0.0698. The standard InChI is InChI=1S/C10H23NO2/c1-8(2)6-13-7-10(5-12)11-9(3)4/h8-12H,5-7H2,1-4H3. The molecule has 0 aliphatic carbocycles.